The minimum atomic E-state index is -0.138. The molecule has 1 amide bonds. The molecular weight excluding hydrogens is 312 g/mol. The molecule has 0 bridgehead atoms. The zero-order valence-corrected chi connectivity index (χ0v) is 14.1. The van der Waals surface area contributed by atoms with Crippen molar-refractivity contribution in [2.24, 2.45) is 5.92 Å². The summed E-state index contributed by atoms with van der Waals surface area (Å²) < 4.78 is 5.61. The Morgan fingerprint density at radius 3 is 2.48 bits per heavy atom. The van der Waals surface area contributed by atoms with Gasteiger partial charge in [0.1, 0.15) is 5.75 Å². The predicted molar refractivity (Wildman–Crippen MR) is 95.3 cm³/mol. The molecule has 2 rings (SSSR count). The van der Waals surface area contributed by atoms with E-state index < -0.39 is 0 Å². The van der Waals surface area contributed by atoms with Crippen molar-refractivity contribution < 1.29 is 9.53 Å². The van der Waals surface area contributed by atoms with E-state index in [1.807, 2.05) is 42.5 Å². The number of para-hydroxylation sites is 1. The van der Waals surface area contributed by atoms with Gasteiger partial charge in [-0.15, -0.1) is 0 Å². The summed E-state index contributed by atoms with van der Waals surface area (Å²) in [6, 6.07) is 14.7. The Morgan fingerprint density at radius 2 is 1.83 bits per heavy atom. The molecule has 0 spiro atoms. The first-order valence-corrected chi connectivity index (χ1v) is 7.93. The summed E-state index contributed by atoms with van der Waals surface area (Å²) in [5.41, 5.74) is 1.47. The molecule has 0 aliphatic carbocycles. The molecule has 0 unspecified atom stereocenters. The number of carbonyl (C=O) groups is 1. The number of anilines is 2. The highest BCUT2D eigenvalue weighted by atomic mass is 35.5. The topological polar surface area (TPSA) is 50.4 Å². The lowest BCUT2D eigenvalue weighted by Crippen LogP contribution is -2.21. The Bertz CT molecular complexity index is 642. The number of rotatable bonds is 7. The number of benzene rings is 2. The molecule has 0 fully saturated rings. The van der Waals surface area contributed by atoms with Crippen LogP contribution < -0.4 is 15.4 Å². The van der Waals surface area contributed by atoms with Crippen molar-refractivity contribution in [3.8, 4) is 5.75 Å². The van der Waals surface area contributed by atoms with E-state index in [2.05, 4.69) is 24.5 Å². The largest absolute Gasteiger partial charge is 0.493 e. The van der Waals surface area contributed by atoms with Gasteiger partial charge in [-0.05, 0) is 42.3 Å². The van der Waals surface area contributed by atoms with Crippen LogP contribution in [0.2, 0.25) is 5.02 Å². The van der Waals surface area contributed by atoms with Crippen LogP contribution in [0.1, 0.15) is 13.8 Å². The average molecular weight is 333 g/mol. The highest BCUT2D eigenvalue weighted by molar-refractivity contribution is 6.33. The molecule has 0 aromatic heterocycles. The highest BCUT2D eigenvalue weighted by Gasteiger charge is 2.05. The second-order valence-corrected chi connectivity index (χ2v) is 6.02. The van der Waals surface area contributed by atoms with Crippen molar-refractivity contribution in [1.82, 2.24) is 0 Å². The Morgan fingerprint density at radius 1 is 1.13 bits per heavy atom. The summed E-state index contributed by atoms with van der Waals surface area (Å²) in [5, 5.41) is 6.42. The van der Waals surface area contributed by atoms with Crippen LogP contribution in [0, 0.1) is 5.92 Å². The van der Waals surface area contributed by atoms with Crippen LogP contribution in [0.5, 0.6) is 5.75 Å². The van der Waals surface area contributed by atoms with Crippen molar-refractivity contribution >= 4 is 28.9 Å². The van der Waals surface area contributed by atoms with Gasteiger partial charge in [-0.1, -0.05) is 37.6 Å². The van der Waals surface area contributed by atoms with Gasteiger partial charge >= 0.3 is 0 Å². The normalized spacial score (nSPS) is 10.4. The maximum absolute atomic E-state index is 11.9. The lowest BCUT2D eigenvalue weighted by molar-refractivity contribution is -0.114. The van der Waals surface area contributed by atoms with Crippen molar-refractivity contribution in [1.29, 1.82) is 0 Å². The van der Waals surface area contributed by atoms with E-state index >= 15 is 0 Å². The lowest BCUT2D eigenvalue weighted by atomic mass is 10.2. The molecule has 0 radical (unpaired) electrons. The second kappa shape index (κ2) is 8.44. The number of halogens is 1. The van der Waals surface area contributed by atoms with Gasteiger partial charge in [-0.3, -0.25) is 4.79 Å². The van der Waals surface area contributed by atoms with Gasteiger partial charge < -0.3 is 15.4 Å². The summed E-state index contributed by atoms with van der Waals surface area (Å²) in [6.07, 6.45) is 0. The van der Waals surface area contributed by atoms with Crippen LogP contribution in [0.25, 0.3) is 0 Å². The van der Waals surface area contributed by atoms with Gasteiger partial charge in [-0.25, -0.2) is 0 Å². The molecule has 122 valence electrons. The highest BCUT2D eigenvalue weighted by Crippen LogP contribution is 2.20. The van der Waals surface area contributed by atoms with Crippen molar-refractivity contribution in [2.45, 2.75) is 13.8 Å². The van der Waals surface area contributed by atoms with E-state index in [0.29, 0.717) is 17.5 Å². The van der Waals surface area contributed by atoms with E-state index in [9.17, 15) is 4.79 Å². The molecule has 2 aromatic carbocycles. The van der Waals surface area contributed by atoms with E-state index in [0.717, 1.165) is 17.1 Å². The molecule has 0 saturated heterocycles. The molecule has 4 nitrogen and oxygen atoms in total. The quantitative estimate of drug-likeness (QED) is 0.788. The first-order valence-electron chi connectivity index (χ1n) is 7.55. The molecule has 5 heteroatoms. The van der Waals surface area contributed by atoms with Crippen LogP contribution in [0.3, 0.4) is 0 Å². The van der Waals surface area contributed by atoms with E-state index in [-0.39, 0.29) is 12.5 Å². The molecule has 0 heterocycles. The van der Waals surface area contributed by atoms with Gasteiger partial charge in [0, 0.05) is 5.69 Å². The van der Waals surface area contributed by atoms with Crippen LogP contribution in [0.15, 0.2) is 48.5 Å². The Kier molecular flexibility index (Phi) is 6.29. The Hall–Kier alpha value is -2.20. The number of hydrogen-bond donors (Lipinski definition) is 2. The lowest BCUT2D eigenvalue weighted by Gasteiger charge is -2.11. The Balaban J connectivity index is 1.82. The van der Waals surface area contributed by atoms with Crippen LogP contribution in [-0.4, -0.2) is 19.1 Å². The average Bonchev–Trinajstić information content (AvgIpc) is 2.53. The maximum atomic E-state index is 11.9. The fraction of sp³-hybridized carbons (Fsp3) is 0.278. The van der Waals surface area contributed by atoms with Gasteiger partial charge in [0.05, 0.1) is 23.9 Å². The SMILES string of the molecule is CC(C)COc1ccc(NC(=O)CNc2ccccc2Cl)cc1. The third kappa shape index (κ3) is 5.83. The van der Waals surface area contributed by atoms with E-state index in [4.69, 9.17) is 16.3 Å². The monoisotopic (exact) mass is 332 g/mol. The predicted octanol–water partition coefficient (Wildman–Crippen LogP) is 4.43. The van der Waals surface area contributed by atoms with E-state index in [1.54, 1.807) is 6.07 Å². The number of carbonyl (C=O) groups excluding carboxylic acids is 1. The molecule has 0 aliphatic rings. The smallest absolute Gasteiger partial charge is 0.243 e. The van der Waals surface area contributed by atoms with Gasteiger partial charge in [-0.2, -0.15) is 0 Å². The summed E-state index contributed by atoms with van der Waals surface area (Å²) in [4.78, 5) is 11.9. The fourth-order valence-corrected chi connectivity index (χ4v) is 2.09. The summed E-state index contributed by atoms with van der Waals surface area (Å²) in [6.45, 7) is 5.02. The summed E-state index contributed by atoms with van der Waals surface area (Å²) >= 11 is 6.03. The molecule has 0 saturated carbocycles. The van der Waals surface area contributed by atoms with Crippen LogP contribution in [0.4, 0.5) is 11.4 Å². The first-order chi connectivity index (χ1) is 11.0. The minimum absolute atomic E-state index is 0.138. The molecule has 0 aliphatic heterocycles. The van der Waals surface area contributed by atoms with Gasteiger partial charge in [0.15, 0.2) is 0 Å². The number of ether oxygens (including phenoxy) is 1. The van der Waals surface area contributed by atoms with Crippen LogP contribution in [-0.2, 0) is 4.79 Å². The molecule has 2 N–H and O–H groups in total. The Labute approximate surface area is 141 Å². The third-order valence-corrected chi connectivity index (χ3v) is 3.36. The fourth-order valence-electron chi connectivity index (χ4n) is 1.88. The molecule has 23 heavy (non-hydrogen) atoms. The van der Waals surface area contributed by atoms with Crippen LogP contribution >= 0.6 is 11.6 Å². The van der Waals surface area contributed by atoms with Gasteiger partial charge in [0.25, 0.3) is 0 Å². The summed E-state index contributed by atoms with van der Waals surface area (Å²) in [5.74, 6) is 1.14. The van der Waals surface area contributed by atoms with Crippen molar-refractivity contribution in [2.75, 3.05) is 23.8 Å². The zero-order chi connectivity index (χ0) is 16.7. The minimum Gasteiger partial charge on any atom is -0.493 e. The standard InChI is InChI=1S/C18H21ClN2O2/c1-13(2)12-23-15-9-7-14(8-10-15)21-18(22)11-20-17-6-4-3-5-16(17)19/h3-10,13,20H,11-12H2,1-2H3,(H,21,22). The first kappa shape index (κ1) is 17.2. The number of amides is 1. The summed E-state index contributed by atoms with van der Waals surface area (Å²) in [7, 11) is 0. The zero-order valence-electron chi connectivity index (χ0n) is 13.3. The second-order valence-electron chi connectivity index (χ2n) is 5.61. The molecular formula is C18H21ClN2O2. The molecule has 2 aromatic rings. The number of hydrogen-bond acceptors (Lipinski definition) is 3. The number of nitrogens with one attached hydrogen (secondary N) is 2. The third-order valence-electron chi connectivity index (χ3n) is 3.03. The van der Waals surface area contributed by atoms with E-state index in [1.165, 1.54) is 0 Å². The molecule has 0 atom stereocenters. The van der Waals surface area contributed by atoms with Crippen molar-refractivity contribution in [3.05, 3.63) is 53.6 Å². The van der Waals surface area contributed by atoms with Gasteiger partial charge in [0.2, 0.25) is 5.91 Å². The maximum Gasteiger partial charge on any atom is 0.243 e. The van der Waals surface area contributed by atoms with Crippen molar-refractivity contribution in [3.63, 3.8) is 0 Å².